The van der Waals surface area contributed by atoms with Crippen molar-refractivity contribution in [2.45, 2.75) is 13.0 Å². The Morgan fingerprint density at radius 2 is 2.00 bits per heavy atom. The van der Waals surface area contributed by atoms with Crippen LogP contribution in [0.15, 0.2) is 67.4 Å². The third-order valence-corrected chi connectivity index (χ3v) is 5.49. The summed E-state index contributed by atoms with van der Waals surface area (Å²) in [6, 6.07) is 11.6. The number of benzene rings is 2. The third kappa shape index (κ3) is 4.25. The molecule has 0 unspecified atom stereocenters. The molecule has 0 bridgehead atoms. The smallest absolute Gasteiger partial charge is 0.318 e. The van der Waals surface area contributed by atoms with Crippen LogP contribution >= 0.6 is 0 Å². The number of aromatic nitrogens is 5. The molecule has 0 saturated heterocycles. The van der Waals surface area contributed by atoms with E-state index in [0.717, 1.165) is 24.2 Å². The third-order valence-electron chi connectivity index (χ3n) is 5.49. The summed E-state index contributed by atoms with van der Waals surface area (Å²) in [5, 5.41) is 8.64. The van der Waals surface area contributed by atoms with Gasteiger partial charge in [0.1, 0.15) is 5.82 Å². The van der Waals surface area contributed by atoms with Crippen molar-refractivity contribution in [3.8, 4) is 11.3 Å². The lowest BCUT2D eigenvalue weighted by Crippen LogP contribution is -2.24. The Balaban J connectivity index is 1.50. The average Bonchev–Trinajstić information content (AvgIpc) is 3.53. The highest BCUT2D eigenvalue weighted by atomic mass is 19.1. The molecule has 0 radical (unpaired) electrons. The molecule has 10 heteroatoms. The lowest BCUT2D eigenvalue weighted by molar-refractivity contribution is 0.254. The number of nitrogens with one attached hydrogen (secondary N) is 3. The summed E-state index contributed by atoms with van der Waals surface area (Å²) >= 11 is 0. The Kier molecular flexibility index (Phi) is 5.77. The molecule has 2 aromatic carbocycles. The second-order valence-electron chi connectivity index (χ2n) is 7.76. The van der Waals surface area contributed by atoms with E-state index in [4.69, 9.17) is 4.98 Å². The number of carbonyl (C=O) groups excluding carboxylic acids is 1. The van der Waals surface area contributed by atoms with E-state index in [1.807, 2.05) is 39.4 Å². The summed E-state index contributed by atoms with van der Waals surface area (Å²) in [5.74, 6) is 0.287. The summed E-state index contributed by atoms with van der Waals surface area (Å²) < 4.78 is 18.1. The van der Waals surface area contributed by atoms with Crippen molar-refractivity contribution in [2.75, 3.05) is 24.2 Å². The minimum atomic E-state index is -0.346. The first kappa shape index (κ1) is 21.4. The monoisotopic (exact) mass is 458 g/mol. The standard InChI is InChI=1S/C24H23FN8O/c1-26-24(34)30-18-6-3-16(4-7-18)21-14-29-23-22(28-9-2-11-32-12-10-27-15-32)31-19-8-5-17(25)13-20(19)33(21)23/h3-8,10,12-15H,2,9,11H2,1H3,(H,28,31)(H2,26,30,34). The van der Waals surface area contributed by atoms with Gasteiger partial charge in [-0.05, 0) is 30.7 Å². The molecule has 0 spiro atoms. The molecule has 3 heterocycles. The van der Waals surface area contributed by atoms with Crippen molar-refractivity contribution >= 4 is 34.2 Å². The number of imidazole rings is 2. The van der Waals surface area contributed by atoms with Crippen LogP contribution in [-0.4, -0.2) is 43.5 Å². The molecule has 0 atom stereocenters. The Labute approximate surface area is 194 Å². The van der Waals surface area contributed by atoms with Crippen LogP contribution in [-0.2, 0) is 6.54 Å². The first-order valence-corrected chi connectivity index (χ1v) is 10.9. The van der Waals surface area contributed by atoms with Crippen molar-refractivity contribution in [1.29, 1.82) is 0 Å². The number of carbonyl (C=O) groups is 1. The molecule has 34 heavy (non-hydrogen) atoms. The van der Waals surface area contributed by atoms with Crippen molar-refractivity contribution in [1.82, 2.24) is 29.2 Å². The van der Waals surface area contributed by atoms with Gasteiger partial charge in [-0.25, -0.2) is 24.1 Å². The summed E-state index contributed by atoms with van der Waals surface area (Å²) in [7, 11) is 1.56. The molecule has 172 valence electrons. The van der Waals surface area contributed by atoms with Gasteiger partial charge in [-0.1, -0.05) is 12.1 Å². The molecule has 9 nitrogen and oxygen atoms in total. The average molecular weight is 459 g/mol. The second kappa shape index (κ2) is 9.18. The van der Waals surface area contributed by atoms with Crippen LogP contribution in [0.3, 0.4) is 0 Å². The molecular weight excluding hydrogens is 435 g/mol. The molecule has 0 fully saturated rings. The number of halogens is 1. The maximum atomic E-state index is 14.2. The first-order chi connectivity index (χ1) is 16.6. The first-order valence-electron chi connectivity index (χ1n) is 10.9. The van der Waals surface area contributed by atoms with Gasteiger partial charge in [-0.15, -0.1) is 0 Å². The van der Waals surface area contributed by atoms with E-state index in [1.54, 1.807) is 31.8 Å². The van der Waals surface area contributed by atoms with Crippen LogP contribution in [0.4, 0.5) is 20.7 Å². The quantitative estimate of drug-likeness (QED) is 0.318. The lowest BCUT2D eigenvalue weighted by Gasteiger charge is -2.12. The molecule has 5 aromatic rings. The van der Waals surface area contributed by atoms with Gasteiger partial charge < -0.3 is 20.5 Å². The Hall–Kier alpha value is -4.47. The predicted octanol–water partition coefficient (Wildman–Crippen LogP) is 4.14. The van der Waals surface area contributed by atoms with Crippen LogP contribution < -0.4 is 16.0 Å². The van der Waals surface area contributed by atoms with E-state index in [1.165, 1.54) is 12.1 Å². The fourth-order valence-electron chi connectivity index (χ4n) is 3.83. The van der Waals surface area contributed by atoms with Gasteiger partial charge in [0.2, 0.25) is 0 Å². The van der Waals surface area contributed by atoms with E-state index in [-0.39, 0.29) is 11.8 Å². The maximum absolute atomic E-state index is 14.2. The molecule has 3 aromatic heterocycles. The zero-order valence-corrected chi connectivity index (χ0v) is 18.5. The fraction of sp³-hybridized carbons (Fsp3) is 0.167. The Morgan fingerprint density at radius 1 is 1.15 bits per heavy atom. The molecule has 0 saturated carbocycles. The fourth-order valence-corrected chi connectivity index (χ4v) is 3.83. The number of nitrogens with zero attached hydrogens (tertiary/aromatic N) is 5. The number of hydrogen-bond donors (Lipinski definition) is 3. The van der Waals surface area contributed by atoms with Crippen LogP contribution in [0.1, 0.15) is 6.42 Å². The van der Waals surface area contributed by atoms with Gasteiger partial charge in [0.15, 0.2) is 11.5 Å². The maximum Gasteiger partial charge on any atom is 0.318 e. The summed E-state index contributed by atoms with van der Waals surface area (Å²) in [4.78, 5) is 24.9. The van der Waals surface area contributed by atoms with Crippen molar-refractivity contribution in [3.05, 3.63) is 73.2 Å². The SMILES string of the molecule is CNC(=O)Nc1ccc(-c2cnc3c(NCCCn4ccnc4)nc4ccc(F)cc4n23)cc1. The van der Waals surface area contributed by atoms with Crippen LogP contribution in [0.2, 0.25) is 0 Å². The number of aryl methyl sites for hydroxylation is 1. The van der Waals surface area contributed by atoms with Gasteiger partial charge in [0.25, 0.3) is 0 Å². The Bertz CT molecular complexity index is 1440. The highest BCUT2D eigenvalue weighted by Crippen LogP contribution is 2.29. The van der Waals surface area contributed by atoms with Crippen LogP contribution in [0, 0.1) is 5.82 Å². The summed E-state index contributed by atoms with van der Waals surface area (Å²) in [6.07, 6.45) is 8.10. The van der Waals surface area contributed by atoms with Crippen LogP contribution in [0.5, 0.6) is 0 Å². The van der Waals surface area contributed by atoms with Gasteiger partial charge >= 0.3 is 6.03 Å². The van der Waals surface area contributed by atoms with E-state index < -0.39 is 0 Å². The number of amides is 2. The molecule has 0 aliphatic carbocycles. The summed E-state index contributed by atoms with van der Waals surface area (Å²) in [5.41, 5.74) is 4.22. The molecule has 0 aliphatic rings. The highest BCUT2D eigenvalue weighted by molar-refractivity contribution is 5.90. The van der Waals surface area contributed by atoms with Gasteiger partial charge in [0.05, 0.1) is 29.3 Å². The molecule has 5 rings (SSSR count). The molecule has 2 amide bonds. The van der Waals surface area contributed by atoms with E-state index in [0.29, 0.717) is 34.7 Å². The van der Waals surface area contributed by atoms with E-state index >= 15 is 0 Å². The van der Waals surface area contributed by atoms with Crippen molar-refractivity contribution in [2.24, 2.45) is 0 Å². The molecular formula is C24H23FN8O. The highest BCUT2D eigenvalue weighted by Gasteiger charge is 2.15. The lowest BCUT2D eigenvalue weighted by atomic mass is 10.1. The number of hydrogen-bond acceptors (Lipinski definition) is 5. The number of fused-ring (bicyclic) bond motifs is 3. The van der Waals surface area contributed by atoms with Crippen molar-refractivity contribution in [3.63, 3.8) is 0 Å². The van der Waals surface area contributed by atoms with E-state index in [9.17, 15) is 9.18 Å². The molecule has 0 aliphatic heterocycles. The summed E-state index contributed by atoms with van der Waals surface area (Å²) in [6.45, 7) is 1.52. The molecule has 3 N–H and O–H groups in total. The van der Waals surface area contributed by atoms with Crippen LogP contribution in [0.25, 0.3) is 27.9 Å². The topological polar surface area (TPSA) is 101 Å². The predicted molar refractivity (Wildman–Crippen MR) is 129 cm³/mol. The largest absolute Gasteiger partial charge is 0.367 e. The zero-order chi connectivity index (χ0) is 23.5. The number of anilines is 2. The Morgan fingerprint density at radius 3 is 2.76 bits per heavy atom. The normalized spacial score (nSPS) is 11.1. The minimum absolute atomic E-state index is 0.293. The van der Waals surface area contributed by atoms with Gasteiger partial charge in [0, 0.05) is 49.8 Å². The number of rotatable bonds is 7. The minimum Gasteiger partial charge on any atom is -0.367 e. The van der Waals surface area contributed by atoms with Gasteiger partial charge in [-0.3, -0.25) is 4.40 Å². The van der Waals surface area contributed by atoms with E-state index in [2.05, 4.69) is 25.9 Å². The van der Waals surface area contributed by atoms with Gasteiger partial charge in [-0.2, -0.15) is 0 Å². The number of urea groups is 1. The van der Waals surface area contributed by atoms with Crippen molar-refractivity contribution < 1.29 is 9.18 Å². The second-order valence-corrected chi connectivity index (χ2v) is 7.76. The zero-order valence-electron chi connectivity index (χ0n) is 18.5.